The van der Waals surface area contributed by atoms with Gasteiger partial charge >= 0.3 is 0 Å². The van der Waals surface area contributed by atoms with Crippen LogP contribution >= 0.6 is 34.5 Å². The first-order chi connectivity index (χ1) is 12.0. The number of nitro groups is 1. The van der Waals surface area contributed by atoms with Crippen LogP contribution in [0.15, 0.2) is 42.5 Å². The first kappa shape index (κ1) is 17.3. The van der Waals surface area contributed by atoms with Crippen LogP contribution in [0.4, 0.5) is 10.8 Å². The van der Waals surface area contributed by atoms with Crippen molar-refractivity contribution in [2.24, 2.45) is 0 Å². The number of carbonyl (C=O) groups is 1. The molecular weight excluding hydrogens is 387 g/mol. The molecule has 1 N–H and O–H groups in total. The van der Waals surface area contributed by atoms with E-state index in [9.17, 15) is 14.9 Å². The molecule has 25 heavy (non-hydrogen) atoms. The average Bonchev–Trinajstić information content (AvgIpc) is 3.02. The summed E-state index contributed by atoms with van der Waals surface area (Å²) in [6.07, 6.45) is 0. The van der Waals surface area contributed by atoms with E-state index in [1.54, 1.807) is 24.3 Å². The third kappa shape index (κ3) is 3.76. The second kappa shape index (κ2) is 7.14. The minimum Gasteiger partial charge on any atom is -0.296 e. The molecule has 0 radical (unpaired) electrons. The molecule has 1 heterocycles. The molecule has 0 saturated heterocycles. The SMILES string of the molecule is O=C(Nc1nnc(-c2ccc(Cl)cc2Cl)s1)c1ccccc1[N+](=O)[O-]. The summed E-state index contributed by atoms with van der Waals surface area (Å²) in [5, 5.41) is 22.9. The van der Waals surface area contributed by atoms with Crippen molar-refractivity contribution in [2.45, 2.75) is 0 Å². The van der Waals surface area contributed by atoms with Gasteiger partial charge in [-0.15, -0.1) is 10.2 Å². The lowest BCUT2D eigenvalue weighted by molar-refractivity contribution is -0.385. The van der Waals surface area contributed by atoms with Gasteiger partial charge in [-0.3, -0.25) is 20.2 Å². The quantitative estimate of drug-likeness (QED) is 0.511. The standard InChI is InChI=1S/C15H8Cl2N4O3S/c16-8-5-6-9(11(17)7-8)14-19-20-15(25-14)18-13(22)10-3-1-2-4-12(10)21(23)24/h1-7H,(H,18,20,22). The van der Waals surface area contributed by atoms with Crippen LogP contribution in [0.1, 0.15) is 10.4 Å². The monoisotopic (exact) mass is 394 g/mol. The fourth-order valence-electron chi connectivity index (χ4n) is 2.03. The number of benzene rings is 2. The van der Waals surface area contributed by atoms with Crippen LogP contribution in [-0.2, 0) is 0 Å². The number of anilines is 1. The lowest BCUT2D eigenvalue weighted by atomic mass is 10.1. The van der Waals surface area contributed by atoms with Gasteiger partial charge in [-0.25, -0.2) is 0 Å². The van der Waals surface area contributed by atoms with Crippen molar-refractivity contribution in [1.82, 2.24) is 10.2 Å². The minimum absolute atomic E-state index is 0.0613. The highest BCUT2D eigenvalue weighted by atomic mass is 35.5. The molecule has 0 unspecified atom stereocenters. The Morgan fingerprint density at radius 3 is 2.64 bits per heavy atom. The Labute approximate surface area is 155 Å². The normalized spacial score (nSPS) is 10.5. The molecule has 0 aliphatic carbocycles. The number of hydrogen-bond acceptors (Lipinski definition) is 6. The van der Waals surface area contributed by atoms with Crippen molar-refractivity contribution in [3.63, 3.8) is 0 Å². The first-order valence-electron chi connectivity index (χ1n) is 6.79. The van der Waals surface area contributed by atoms with Crippen molar-refractivity contribution >= 4 is 51.3 Å². The molecule has 0 aliphatic heterocycles. The molecule has 3 rings (SSSR count). The van der Waals surface area contributed by atoms with Gasteiger partial charge in [-0.2, -0.15) is 0 Å². The van der Waals surface area contributed by atoms with E-state index in [0.29, 0.717) is 20.6 Å². The van der Waals surface area contributed by atoms with E-state index in [0.717, 1.165) is 11.3 Å². The van der Waals surface area contributed by atoms with Crippen LogP contribution in [-0.4, -0.2) is 21.0 Å². The molecule has 1 aromatic heterocycles. The number of nitrogens with one attached hydrogen (secondary N) is 1. The first-order valence-corrected chi connectivity index (χ1v) is 8.36. The maximum Gasteiger partial charge on any atom is 0.282 e. The van der Waals surface area contributed by atoms with Gasteiger partial charge in [0.25, 0.3) is 11.6 Å². The van der Waals surface area contributed by atoms with Crippen LogP contribution < -0.4 is 5.32 Å². The molecule has 2 aromatic carbocycles. The zero-order valence-corrected chi connectivity index (χ0v) is 14.6. The summed E-state index contributed by atoms with van der Waals surface area (Å²) in [5.41, 5.74) is 0.272. The number of carbonyl (C=O) groups excluding carboxylic acids is 1. The van der Waals surface area contributed by atoms with E-state index < -0.39 is 10.8 Å². The molecule has 0 aliphatic rings. The highest BCUT2D eigenvalue weighted by molar-refractivity contribution is 7.18. The van der Waals surface area contributed by atoms with Crippen molar-refractivity contribution in [1.29, 1.82) is 0 Å². The molecule has 7 nitrogen and oxygen atoms in total. The third-order valence-corrected chi connectivity index (χ3v) is 4.57. The molecule has 126 valence electrons. The Morgan fingerprint density at radius 1 is 1.16 bits per heavy atom. The summed E-state index contributed by atoms with van der Waals surface area (Å²) in [7, 11) is 0. The number of aromatic nitrogens is 2. The predicted molar refractivity (Wildman–Crippen MR) is 96.4 cm³/mol. The van der Waals surface area contributed by atoms with Crippen LogP contribution in [0.3, 0.4) is 0 Å². The lowest BCUT2D eigenvalue weighted by Gasteiger charge is -2.02. The van der Waals surface area contributed by atoms with Crippen molar-refractivity contribution in [2.75, 3.05) is 5.32 Å². The van der Waals surface area contributed by atoms with Crippen molar-refractivity contribution in [3.8, 4) is 10.6 Å². The molecular formula is C15H8Cl2N4O3S. The smallest absolute Gasteiger partial charge is 0.282 e. The lowest BCUT2D eigenvalue weighted by Crippen LogP contribution is -2.13. The summed E-state index contributed by atoms with van der Waals surface area (Å²) in [4.78, 5) is 22.7. The van der Waals surface area contributed by atoms with Crippen LogP contribution in [0.2, 0.25) is 10.0 Å². The Bertz CT molecular complexity index is 977. The average molecular weight is 395 g/mol. The van der Waals surface area contributed by atoms with E-state index in [-0.39, 0.29) is 16.4 Å². The number of nitro benzene ring substituents is 1. The van der Waals surface area contributed by atoms with Gasteiger partial charge in [-0.1, -0.05) is 46.7 Å². The Kier molecular flexibility index (Phi) is 4.93. The van der Waals surface area contributed by atoms with Gasteiger partial charge in [-0.05, 0) is 24.3 Å². The Morgan fingerprint density at radius 2 is 1.92 bits per heavy atom. The number of amides is 1. The summed E-state index contributed by atoms with van der Waals surface area (Å²) >= 11 is 13.1. The topological polar surface area (TPSA) is 98.0 Å². The van der Waals surface area contributed by atoms with Gasteiger partial charge in [0.15, 0.2) is 5.01 Å². The van der Waals surface area contributed by atoms with E-state index in [1.807, 2.05) is 0 Å². The third-order valence-electron chi connectivity index (χ3n) is 3.15. The maximum atomic E-state index is 12.3. The second-order valence-electron chi connectivity index (χ2n) is 4.76. The second-order valence-corrected chi connectivity index (χ2v) is 6.59. The van der Waals surface area contributed by atoms with Crippen LogP contribution in [0.5, 0.6) is 0 Å². The number of rotatable bonds is 4. The molecule has 10 heteroatoms. The van der Waals surface area contributed by atoms with Gasteiger partial charge in [0, 0.05) is 16.7 Å². The molecule has 0 saturated carbocycles. The number of hydrogen-bond donors (Lipinski definition) is 1. The van der Waals surface area contributed by atoms with Crippen molar-refractivity contribution < 1.29 is 9.72 Å². The van der Waals surface area contributed by atoms with Gasteiger partial charge in [0.2, 0.25) is 5.13 Å². The molecule has 0 bridgehead atoms. The van der Waals surface area contributed by atoms with E-state index >= 15 is 0 Å². The zero-order chi connectivity index (χ0) is 18.0. The fourth-order valence-corrected chi connectivity index (χ4v) is 3.37. The molecule has 3 aromatic rings. The van der Waals surface area contributed by atoms with E-state index in [1.165, 1.54) is 18.2 Å². The number of nitrogens with zero attached hydrogens (tertiary/aromatic N) is 3. The summed E-state index contributed by atoms with van der Waals surface area (Å²) in [6.45, 7) is 0. The van der Waals surface area contributed by atoms with Gasteiger partial charge in [0.1, 0.15) is 5.56 Å². The maximum absolute atomic E-state index is 12.3. The zero-order valence-electron chi connectivity index (χ0n) is 12.3. The van der Waals surface area contributed by atoms with Crippen LogP contribution in [0.25, 0.3) is 10.6 Å². The largest absolute Gasteiger partial charge is 0.296 e. The molecule has 0 atom stereocenters. The summed E-state index contributed by atoms with van der Waals surface area (Å²) in [6, 6.07) is 10.6. The van der Waals surface area contributed by atoms with Gasteiger partial charge in [0.05, 0.1) is 9.95 Å². The fraction of sp³-hybridized carbons (Fsp3) is 0. The number of halogens is 2. The molecule has 1 amide bonds. The highest BCUT2D eigenvalue weighted by Crippen LogP contribution is 2.33. The van der Waals surface area contributed by atoms with Crippen molar-refractivity contribution in [3.05, 3.63) is 68.2 Å². The highest BCUT2D eigenvalue weighted by Gasteiger charge is 2.20. The number of para-hydroxylation sites is 1. The molecule has 0 fully saturated rings. The van der Waals surface area contributed by atoms with Crippen LogP contribution in [0, 0.1) is 10.1 Å². The summed E-state index contributed by atoms with van der Waals surface area (Å²) in [5.74, 6) is -0.641. The summed E-state index contributed by atoms with van der Waals surface area (Å²) < 4.78 is 0. The predicted octanol–water partition coefficient (Wildman–Crippen LogP) is 4.67. The Hall–Kier alpha value is -2.55. The molecule has 0 spiro atoms. The van der Waals surface area contributed by atoms with E-state index in [4.69, 9.17) is 23.2 Å². The Balaban J connectivity index is 1.84. The van der Waals surface area contributed by atoms with Gasteiger partial charge < -0.3 is 0 Å². The minimum atomic E-state index is -0.641. The van der Waals surface area contributed by atoms with E-state index in [2.05, 4.69) is 15.5 Å².